The van der Waals surface area contributed by atoms with Crippen LogP contribution in [0.25, 0.3) is 11.5 Å². The molecular weight excluding hydrogens is 284 g/mol. The SMILES string of the molecule is Cc1nc(Cc2noc(-c3cccc(CCN)c3)n2)cs1. The Hall–Kier alpha value is -2.05. The summed E-state index contributed by atoms with van der Waals surface area (Å²) in [6, 6.07) is 8.03. The summed E-state index contributed by atoms with van der Waals surface area (Å²) in [4.78, 5) is 8.85. The molecule has 0 saturated carbocycles. The van der Waals surface area contributed by atoms with Gasteiger partial charge in [0.05, 0.1) is 17.1 Å². The van der Waals surface area contributed by atoms with E-state index in [1.54, 1.807) is 11.3 Å². The van der Waals surface area contributed by atoms with Crippen LogP contribution in [0, 0.1) is 6.92 Å². The summed E-state index contributed by atoms with van der Waals surface area (Å²) in [7, 11) is 0. The largest absolute Gasteiger partial charge is 0.334 e. The maximum atomic E-state index is 5.58. The average Bonchev–Trinajstić information content (AvgIpc) is 3.10. The van der Waals surface area contributed by atoms with Gasteiger partial charge in [0.15, 0.2) is 5.82 Å². The van der Waals surface area contributed by atoms with E-state index in [0.717, 1.165) is 22.7 Å². The third-order valence-electron chi connectivity index (χ3n) is 3.08. The van der Waals surface area contributed by atoms with Crippen LogP contribution in [0.5, 0.6) is 0 Å². The van der Waals surface area contributed by atoms with Crippen LogP contribution in [-0.2, 0) is 12.8 Å². The van der Waals surface area contributed by atoms with Crippen LogP contribution in [0.3, 0.4) is 0 Å². The van der Waals surface area contributed by atoms with Crippen molar-refractivity contribution in [2.45, 2.75) is 19.8 Å². The van der Waals surface area contributed by atoms with Crippen molar-refractivity contribution in [3.05, 3.63) is 51.7 Å². The molecule has 0 saturated heterocycles. The van der Waals surface area contributed by atoms with E-state index in [0.29, 0.717) is 24.7 Å². The van der Waals surface area contributed by atoms with Gasteiger partial charge in [0, 0.05) is 10.9 Å². The molecule has 3 aromatic rings. The number of rotatable bonds is 5. The molecule has 0 aliphatic carbocycles. The number of benzene rings is 1. The van der Waals surface area contributed by atoms with Gasteiger partial charge in [-0.25, -0.2) is 4.98 Å². The fourth-order valence-electron chi connectivity index (χ4n) is 2.12. The predicted molar refractivity (Wildman–Crippen MR) is 82.1 cm³/mol. The highest BCUT2D eigenvalue weighted by Crippen LogP contribution is 2.20. The summed E-state index contributed by atoms with van der Waals surface area (Å²) in [5.74, 6) is 1.19. The Morgan fingerprint density at radius 3 is 2.95 bits per heavy atom. The molecule has 0 unspecified atom stereocenters. The van der Waals surface area contributed by atoms with Crippen molar-refractivity contribution in [1.82, 2.24) is 15.1 Å². The van der Waals surface area contributed by atoms with E-state index >= 15 is 0 Å². The molecule has 6 heteroatoms. The first-order valence-electron chi connectivity index (χ1n) is 6.77. The number of nitrogens with two attached hydrogens (primary N) is 1. The molecule has 0 radical (unpaired) electrons. The summed E-state index contributed by atoms with van der Waals surface area (Å²) in [6.07, 6.45) is 1.43. The highest BCUT2D eigenvalue weighted by Gasteiger charge is 2.11. The van der Waals surface area contributed by atoms with Gasteiger partial charge in [-0.2, -0.15) is 4.98 Å². The second-order valence-corrected chi connectivity index (χ2v) is 5.85. The fourth-order valence-corrected chi connectivity index (χ4v) is 2.73. The minimum absolute atomic E-state index is 0.538. The monoisotopic (exact) mass is 300 g/mol. The predicted octanol–water partition coefficient (Wildman–Crippen LogP) is 2.59. The lowest BCUT2D eigenvalue weighted by Gasteiger charge is -1.99. The Morgan fingerprint density at radius 1 is 1.29 bits per heavy atom. The number of hydrogen-bond acceptors (Lipinski definition) is 6. The Balaban J connectivity index is 1.79. The zero-order valence-electron chi connectivity index (χ0n) is 11.7. The van der Waals surface area contributed by atoms with E-state index in [-0.39, 0.29) is 0 Å². The van der Waals surface area contributed by atoms with Crippen LogP contribution >= 0.6 is 11.3 Å². The van der Waals surface area contributed by atoms with Gasteiger partial charge >= 0.3 is 0 Å². The Bertz CT molecular complexity index is 735. The average molecular weight is 300 g/mol. The fraction of sp³-hybridized carbons (Fsp3) is 0.267. The molecule has 0 amide bonds. The number of nitrogens with zero attached hydrogens (tertiary/aromatic N) is 3. The molecular formula is C15H16N4OS. The molecule has 108 valence electrons. The molecule has 0 spiro atoms. The summed E-state index contributed by atoms with van der Waals surface area (Å²) >= 11 is 1.63. The van der Waals surface area contributed by atoms with Crippen molar-refractivity contribution >= 4 is 11.3 Å². The van der Waals surface area contributed by atoms with Crippen molar-refractivity contribution in [2.75, 3.05) is 6.54 Å². The topological polar surface area (TPSA) is 77.8 Å². The smallest absolute Gasteiger partial charge is 0.257 e. The van der Waals surface area contributed by atoms with Crippen molar-refractivity contribution in [2.24, 2.45) is 5.73 Å². The quantitative estimate of drug-likeness (QED) is 0.783. The number of hydrogen-bond donors (Lipinski definition) is 1. The molecule has 2 heterocycles. The van der Waals surface area contributed by atoms with Gasteiger partial charge in [-0.15, -0.1) is 11.3 Å². The van der Waals surface area contributed by atoms with Gasteiger partial charge in [-0.3, -0.25) is 0 Å². The number of aryl methyl sites for hydroxylation is 1. The van der Waals surface area contributed by atoms with E-state index in [4.69, 9.17) is 10.3 Å². The summed E-state index contributed by atoms with van der Waals surface area (Å²) in [5, 5.41) is 7.09. The van der Waals surface area contributed by atoms with Crippen LogP contribution in [0.1, 0.15) is 22.1 Å². The Labute approximate surface area is 126 Å². The maximum absolute atomic E-state index is 5.58. The Kier molecular flexibility index (Phi) is 4.08. The lowest BCUT2D eigenvalue weighted by atomic mass is 10.1. The third kappa shape index (κ3) is 3.34. The molecule has 2 N–H and O–H groups in total. The van der Waals surface area contributed by atoms with E-state index in [9.17, 15) is 0 Å². The zero-order valence-corrected chi connectivity index (χ0v) is 12.6. The molecule has 0 atom stereocenters. The molecule has 2 aromatic heterocycles. The van der Waals surface area contributed by atoms with Crippen molar-refractivity contribution in [1.29, 1.82) is 0 Å². The molecule has 21 heavy (non-hydrogen) atoms. The van der Waals surface area contributed by atoms with Crippen LogP contribution < -0.4 is 5.73 Å². The van der Waals surface area contributed by atoms with Gasteiger partial charge in [-0.1, -0.05) is 17.3 Å². The van der Waals surface area contributed by atoms with E-state index < -0.39 is 0 Å². The lowest BCUT2D eigenvalue weighted by molar-refractivity contribution is 0.423. The maximum Gasteiger partial charge on any atom is 0.257 e. The second kappa shape index (κ2) is 6.15. The highest BCUT2D eigenvalue weighted by atomic mass is 32.1. The van der Waals surface area contributed by atoms with Crippen LogP contribution in [0.15, 0.2) is 34.2 Å². The first-order chi connectivity index (χ1) is 10.2. The molecule has 0 aliphatic heterocycles. The minimum atomic E-state index is 0.538. The second-order valence-electron chi connectivity index (χ2n) is 4.79. The van der Waals surface area contributed by atoms with Crippen LogP contribution in [0.4, 0.5) is 0 Å². The zero-order chi connectivity index (χ0) is 14.7. The number of thiazole rings is 1. The molecule has 0 fully saturated rings. The summed E-state index contributed by atoms with van der Waals surface area (Å²) in [6.45, 7) is 2.61. The summed E-state index contributed by atoms with van der Waals surface area (Å²) < 4.78 is 5.35. The van der Waals surface area contributed by atoms with Crippen LogP contribution in [-0.4, -0.2) is 21.7 Å². The van der Waals surface area contributed by atoms with Gasteiger partial charge in [0.25, 0.3) is 5.89 Å². The van der Waals surface area contributed by atoms with Gasteiger partial charge < -0.3 is 10.3 Å². The van der Waals surface area contributed by atoms with E-state index in [1.807, 2.05) is 36.6 Å². The van der Waals surface area contributed by atoms with Crippen LogP contribution in [0.2, 0.25) is 0 Å². The first kappa shape index (κ1) is 13.9. The molecule has 0 aliphatic rings. The minimum Gasteiger partial charge on any atom is -0.334 e. The highest BCUT2D eigenvalue weighted by molar-refractivity contribution is 7.09. The molecule has 0 bridgehead atoms. The third-order valence-corrected chi connectivity index (χ3v) is 3.90. The van der Waals surface area contributed by atoms with Crippen molar-refractivity contribution in [3.63, 3.8) is 0 Å². The normalized spacial score (nSPS) is 11.0. The summed E-state index contributed by atoms with van der Waals surface area (Å²) in [5.41, 5.74) is 8.65. The Morgan fingerprint density at radius 2 is 2.19 bits per heavy atom. The van der Waals surface area contributed by atoms with Crippen molar-refractivity contribution in [3.8, 4) is 11.5 Å². The van der Waals surface area contributed by atoms with Gasteiger partial charge in [-0.05, 0) is 37.6 Å². The molecule has 3 rings (SSSR count). The van der Waals surface area contributed by atoms with E-state index in [1.165, 1.54) is 5.56 Å². The molecule has 1 aromatic carbocycles. The van der Waals surface area contributed by atoms with Gasteiger partial charge in [0.2, 0.25) is 0 Å². The standard InChI is InChI=1S/C15H16N4OS/c1-10-17-13(9-21-10)8-14-18-15(20-19-14)12-4-2-3-11(7-12)5-6-16/h2-4,7,9H,5-6,8,16H2,1H3. The van der Waals surface area contributed by atoms with Crippen molar-refractivity contribution < 1.29 is 4.52 Å². The van der Waals surface area contributed by atoms with Gasteiger partial charge in [0.1, 0.15) is 0 Å². The molecule has 5 nitrogen and oxygen atoms in total. The number of aromatic nitrogens is 3. The van der Waals surface area contributed by atoms with E-state index in [2.05, 4.69) is 15.1 Å². The lowest BCUT2D eigenvalue weighted by Crippen LogP contribution is -2.02. The first-order valence-corrected chi connectivity index (χ1v) is 7.65.